The van der Waals surface area contributed by atoms with Gasteiger partial charge in [0.05, 0.1) is 6.61 Å². The Morgan fingerprint density at radius 3 is 2.70 bits per heavy atom. The van der Waals surface area contributed by atoms with Crippen molar-refractivity contribution in [1.82, 2.24) is 9.88 Å². The maximum absolute atomic E-state index is 12.5. The third-order valence-electron chi connectivity index (χ3n) is 5.06. The van der Waals surface area contributed by atoms with Crippen LogP contribution in [-0.4, -0.2) is 74.0 Å². The van der Waals surface area contributed by atoms with Gasteiger partial charge in [-0.25, -0.2) is 4.79 Å². The summed E-state index contributed by atoms with van der Waals surface area (Å²) in [5.41, 5.74) is 0.381. The van der Waals surface area contributed by atoms with Gasteiger partial charge in [0.25, 0.3) is 5.91 Å². The van der Waals surface area contributed by atoms with Crippen molar-refractivity contribution in [2.75, 3.05) is 13.2 Å². The Hall–Kier alpha value is -1.32. The van der Waals surface area contributed by atoms with Gasteiger partial charge in [-0.1, -0.05) is 26.8 Å². The number of nitrogens with zero attached hydrogens (tertiary/aromatic N) is 2. The maximum atomic E-state index is 12.5. The summed E-state index contributed by atoms with van der Waals surface area (Å²) in [6, 6.07) is 3.21. The molecular formula is C20H30N2O4Pb. The van der Waals surface area contributed by atoms with Crippen molar-refractivity contribution in [3.8, 4) is 0 Å². The third-order valence-corrected chi connectivity index (χ3v) is 5.06. The van der Waals surface area contributed by atoms with E-state index >= 15 is 0 Å². The van der Waals surface area contributed by atoms with E-state index in [0.29, 0.717) is 38.8 Å². The van der Waals surface area contributed by atoms with Crippen molar-refractivity contribution >= 4 is 45.0 Å². The number of carbonyl (C=O) groups is 3. The van der Waals surface area contributed by atoms with Gasteiger partial charge in [0, 0.05) is 24.4 Å². The number of esters is 1. The molecule has 0 saturated carbocycles. The molecule has 2 radical (unpaired) electrons. The molecule has 1 amide bonds. The molecule has 1 unspecified atom stereocenters. The zero-order chi connectivity index (χ0) is 19.2. The summed E-state index contributed by atoms with van der Waals surface area (Å²) >= 11 is 0. The molecule has 1 atom stereocenters. The molecule has 0 aliphatic carbocycles. The number of carbonyl (C=O) groups excluding carboxylic acids is 3. The number of hydrogen-bond donors (Lipinski definition) is 0. The Labute approximate surface area is 181 Å². The molecule has 0 spiro atoms. The molecule has 1 fully saturated rings. The Bertz CT molecular complexity index is 649. The molecule has 1 aromatic rings. The van der Waals surface area contributed by atoms with E-state index in [1.807, 2.05) is 19.1 Å². The van der Waals surface area contributed by atoms with Gasteiger partial charge in [0.1, 0.15) is 6.04 Å². The van der Waals surface area contributed by atoms with E-state index in [0.717, 1.165) is 12.0 Å². The van der Waals surface area contributed by atoms with Crippen molar-refractivity contribution in [2.45, 2.75) is 58.9 Å². The number of aromatic nitrogens is 1. The van der Waals surface area contributed by atoms with E-state index in [9.17, 15) is 14.4 Å². The third kappa shape index (κ3) is 6.36. The van der Waals surface area contributed by atoms with Gasteiger partial charge >= 0.3 is 33.3 Å². The monoisotopic (exact) mass is 570 g/mol. The molecule has 0 bridgehead atoms. The van der Waals surface area contributed by atoms with Crippen molar-refractivity contribution in [2.24, 2.45) is 5.41 Å². The molecule has 1 aromatic heterocycles. The normalized spacial score (nSPS) is 16.6. The predicted molar refractivity (Wildman–Crippen MR) is 106 cm³/mol. The van der Waals surface area contributed by atoms with Crippen molar-refractivity contribution in [3.05, 3.63) is 30.1 Å². The molecular weight excluding hydrogens is 539 g/mol. The summed E-state index contributed by atoms with van der Waals surface area (Å²) in [4.78, 5) is 42.8. The molecule has 6 nitrogen and oxygen atoms in total. The fourth-order valence-corrected chi connectivity index (χ4v) is 2.93. The topological polar surface area (TPSA) is 76.6 Å². The molecule has 0 aromatic carbocycles. The van der Waals surface area contributed by atoms with Gasteiger partial charge in [0.15, 0.2) is 0 Å². The molecule has 0 N–H and O–H groups in total. The zero-order valence-electron chi connectivity index (χ0n) is 16.6. The van der Waals surface area contributed by atoms with E-state index in [-0.39, 0.29) is 27.3 Å². The number of aryl methyl sites for hydroxylation is 1. The quantitative estimate of drug-likeness (QED) is 0.206. The first-order valence-electron chi connectivity index (χ1n) is 9.27. The van der Waals surface area contributed by atoms with Gasteiger partial charge < -0.3 is 9.64 Å². The van der Waals surface area contributed by atoms with Crippen LogP contribution in [0.5, 0.6) is 0 Å². The summed E-state index contributed by atoms with van der Waals surface area (Å²) < 4.78 is 5.36. The summed E-state index contributed by atoms with van der Waals surface area (Å²) in [6.07, 6.45) is 6.82. The number of ketones is 1. The SMILES string of the molecule is CCC(C)(C)C(=O)C(=O)N1CCCC1C(=O)OCCCc1cccnc1.[PbH2]. The Balaban J connectivity index is 0.00000364. The summed E-state index contributed by atoms with van der Waals surface area (Å²) in [7, 11) is 0. The minimum atomic E-state index is -0.710. The van der Waals surface area contributed by atoms with E-state index in [4.69, 9.17) is 4.74 Å². The molecule has 148 valence electrons. The van der Waals surface area contributed by atoms with Gasteiger partial charge in [-0.3, -0.25) is 14.6 Å². The number of amides is 1. The van der Waals surface area contributed by atoms with Crippen LogP contribution in [0.15, 0.2) is 24.5 Å². The second-order valence-electron chi connectivity index (χ2n) is 7.36. The first kappa shape index (κ1) is 23.7. The van der Waals surface area contributed by atoms with E-state index in [1.54, 1.807) is 26.2 Å². The summed E-state index contributed by atoms with van der Waals surface area (Å²) in [5, 5.41) is 0. The van der Waals surface area contributed by atoms with Crippen LogP contribution in [0.4, 0.5) is 0 Å². The van der Waals surface area contributed by atoms with Crippen LogP contribution in [0, 0.1) is 5.41 Å². The van der Waals surface area contributed by atoms with Crippen LogP contribution >= 0.6 is 0 Å². The zero-order valence-corrected chi connectivity index (χ0v) is 22.1. The van der Waals surface area contributed by atoms with Crippen LogP contribution in [0.2, 0.25) is 0 Å². The number of Topliss-reactive ketones (excluding diaryl/α,β-unsaturated/α-hetero) is 1. The number of ether oxygens (including phenoxy) is 1. The average Bonchev–Trinajstić information content (AvgIpc) is 3.14. The van der Waals surface area contributed by atoms with Gasteiger partial charge in [0.2, 0.25) is 5.78 Å². The van der Waals surface area contributed by atoms with Crippen LogP contribution < -0.4 is 0 Å². The van der Waals surface area contributed by atoms with E-state index in [2.05, 4.69) is 4.98 Å². The van der Waals surface area contributed by atoms with Crippen LogP contribution in [0.25, 0.3) is 0 Å². The first-order valence-corrected chi connectivity index (χ1v) is 9.27. The fourth-order valence-electron chi connectivity index (χ4n) is 2.93. The van der Waals surface area contributed by atoms with Crippen LogP contribution in [-0.2, 0) is 25.5 Å². The Kier molecular flexibility index (Phi) is 9.55. The number of hydrogen-bond acceptors (Lipinski definition) is 5. The Morgan fingerprint density at radius 2 is 2.07 bits per heavy atom. The first-order chi connectivity index (χ1) is 12.4. The average molecular weight is 570 g/mol. The van der Waals surface area contributed by atoms with Gasteiger partial charge in [-0.15, -0.1) is 0 Å². The van der Waals surface area contributed by atoms with Crippen LogP contribution in [0.1, 0.15) is 52.0 Å². The van der Waals surface area contributed by atoms with E-state index in [1.165, 1.54) is 4.90 Å². The second kappa shape index (κ2) is 10.9. The fraction of sp³-hybridized carbons (Fsp3) is 0.600. The number of rotatable bonds is 8. The molecule has 27 heavy (non-hydrogen) atoms. The summed E-state index contributed by atoms with van der Waals surface area (Å²) in [5.74, 6) is -1.41. The van der Waals surface area contributed by atoms with Gasteiger partial charge in [-0.2, -0.15) is 0 Å². The number of likely N-dealkylation sites (tertiary alicyclic amines) is 1. The Morgan fingerprint density at radius 1 is 1.33 bits per heavy atom. The molecule has 2 rings (SSSR count). The molecule has 1 saturated heterocycles. The van der Waals surface area contributed by atoms with Crippen molar-refractivity contribution in [3.63, 3.8) is 0 Å². The summed E-state index contributed by atoms with van der Waals surface area (Å²) in [6.45, 7) is 6.12. The van der Waals surface area contributed by atoms with Gasteiger partial charge in [-0.05, 0) is 43.7 Å². The molecule has 2 heterocycles. The van der Waals surface area contributed by atoms with Crippen molar-refractivity contribution < 1.29 is 19.1 Å². The van der Waals surface area contributed by atoms with Crippen molar-refractivity contribution in [1.29, 1.82) is 0 Å². The molecule has 1 aliphatic heterocycles. The molecule has 7 heteroatoms. The molecule has 1 aliphatic rings. The second-order valence-corrected chi connectivity index (χ2v) is 7.36. The van der Waals surface area contributed by atoms with E-state index < -0.39 is 29.1 Å². The standard InChI is InChI=1S/C20H28N2O4.Pb.2H/c1-4-20(2,3)17(23)18(24)22-12-6-10-16(22)19(25)26-13-7-9-15-8-5-11-21-14-15;;;/h5,8,11,14,16H,4,6-7,9-10,12-13H2,1-3H3;;;. The predicted octanol–water partition coefficient (Wildman–Crippen LogP) is 1.64. The number of pyridine rings is 1. The minimum absolute atomic E-state index is 0. The van der Waals surface area contributed by atoms with Crippen LogP contribution in [0.3, 0.4) is 0 Å².